The number of hydrogen-bond donors (Lipinski definition) is 0. The molecule has 0 radical (unpaired) electrons. The summed E-state index contributed by atoms with van der Waals surface area (Å²) in [5.41, 5.74) is 2.51. The zero-order valence-electron chi connectivity index (χ0n) is 15.7. The Hall–Kier alpha value is -3.35. The van der Waals surface area contributed by atoms with E-state index in [0.717, 1.165) is 5.02 Å². The lowest BCUT2D eigenvalue weighted by molar-refractivity contribution is 1.67. The van der Waals surface area contributed by atoms with E-state index in [1.54, 1.807) is 0 Å². The van der Waals surface area contributed by atoms with Crippen molar-refractivity contribution in [3.05, 3.63) is 108 Å². The van der Waals surface area contributed by atoms with Gasteiger partial charge < -0.3 is 0 Å². The van der Waals surface area contributed by atoms with Gasteiger partial charge in [0.05, 0.1) is 0 Å². The van der Waals surface area contributed by atoms with Crippen molar-refractivity contribution < 1.29 is 0 Å². The number of halogens is 1. The molecule has 0 aliphatic heterocycles. The lowest BCUT2D eigenvalue weighted by Crippen LogP contribution is -1.88. The van der Waals surface area contributed by atoms with E-state index >= 15 is 0 Å². The predicted octanol–water partition coefficient (Wildman–Crippen LogP) is 8.62. The summed E-state index contributed by atoms with van der Waals surface area (Å²) < 4.78 is 0. The summed E-state index contributed by atoms with van der Waals surface area (Å²) in [6, 6.07) is 36.7. The third kappa shape index (κ3) is 2.46. The van der Waals surface area contributed by atoms with Crippen molar-refractivity contribution >= 4 is 54.7 Å². The van der Waals surface area contributed by atoms with Gasteiger partial charge in [0, 0.05) is 5.02 Å². The molecule has 0 nitrogen and oxygen atoms in total. The van der Waals surface area contributed by atoms with Crippen LogP contribution in [0.3, 0.4) is 0 Å². The Kier molecular flexibility index (Phi) is 3.62. The summed E-state index contributed by atoms with van der Waals surface area (Å²) in [4.78, 5) is 0. The zero-order valence-corrected chi connectivity index (χ0v) is 16.4. The minimum atomic E-state index is 0.771. The Morgan fingerprint density at radius 3 is 1.76 bits per heavy atom. The van der Waals surface area contributed by atoms with Gasteiger partial charge in [-0.25, -0.2) is 0 Å². The molecule has 0 spiro atoms. The van der Waals surface area contributed by atoms with E-state index in [0.29, 0.717) is 0 Å². The molecule has 1 heteroatoms. The molecular formula is C28H17Cl. The SMILES string of the molecule is Clc1ccc2c(c1)c1ccccc1c1cc(-c3ccccc3)c3ccccc3c21. The molecule has 29 heavy (non-hydrogen) atoms. The van der Waals surface area contributed by atoms with E-state index < -0.39 is 0 Å². The summed E-state index contributed by atoms with van der Waals surface area (Å²) in [5, 5.41) is 10.9. The average molecular weight is 389 g/mol. The average Bonchev–Trinajstić information content (AvgIpc) is 2.79. The van der Waals surface area contributed by atoms with E-state index in [-0.39, 0.29) is 0 Å². The predicted molar refractivity (Wildman–Crippen MR) is 127 cm³/mol. The van der Waals surface area contributed by atoms with Gasteiger partial charge >= 0.3 is 0 Å². The molecule has 0 amide bonds. The molecule has 136 valence electrons. The molecule has 6 aromatic rings. The summed E-state index contributed by atoms with van der Waals surface area (Å²) in [6.45, 7) is 0. The second kappa shape index (κ2) is 6.34. The molecule has 6 aromatic carbocycles. The third-order valence-corrected chi connectivity index (χ3v) is 6.12. The molecule has 0 fully saturated rings. The Bertz CT molecular complexity index is 1550. The second-order valence-electron chi connectivity index (χ2n) is 7.49. The first-order chi connectivity index (χ1) is 14.3. The van der Waals surface area contributed by atoms with Crippen molar-refractivity contribution in [3.63, 3.8) is 0 Å². The van der Waals surface area contributed by atoms with Crippen LogP contribution in [0.1, 0.15) is 0 Å². The highest BCUT2D eigenvalue weighted by atomic mass is 35.5. The van der Waals surface area contributed by atoms with Crippen LogP contribution >= 0.6 is 11.6 Å². The Morgan fingerprint density at radius 1 is 0.414 bits per heavy atom. The standard InChI is InChI=1S/C28H17Cl/c29-19-14-15-24-26(16-19)20-10-4-5-11-21(20)27-17-25(18-8-2-1-3-9-18)22-12-6-7-13-23(22)28(24)27/h1-17H. The van der Waals surface area contributed by atoms with Crippen LogP contribution in [-0.4, -0.2) is 0 Å². The van der Waals surface area contributed by atoms with Crippen LogP contribution in [-0.2, 0) is 0 Å². The molecule has 0 aliphatic carbocycles. The monoisotopic (exact) mass is 388 g/mol. The molecule has 6 rings (SSSR count). The van der Waals surface area contributed by atoms with Crippen LogP contribution in [0.2, 0.25) is 5.02 Å². The Labute approximate surface area is 174 Å². The van der Waals surface area contributed by atoms with Gasteiger partial charge in [0.15, 0.2) is 0 Å². The first-order valence-electron chi connectivity index (χ1n) is 9.82. The molecule has 0 N–H and O–H groups in total. The number of rotatable bonds is 1. The normalized spacial score (nSPS) is 11.6. The molecule has 0 saturated heterocycles. The fourth-order valence-corrected chi connectivity index (χ4v) is 4.82. The van der Waals surface area contributed by atoms with Crippen molar-refractivity contribution in [1.82, 2.24) is 0 Å². The van der Waals surface area contributed by atoms with Crippen molar-refractivity contribution in [3.8, 4) is 11.1 Å². The molecule has 0 atom stereocenters. The molecule has 0 aromatic heterocycles. The second-order valence-corrected chi connectivity index (χ2v) is 7.93. The molecule has 0 saturated carbocycles. The van der Waals surface area contributed by atoms with Gasteiger partial charge in [-0.15, -0.1) is 0 Å². The van der Waals surface area contributed by atoms with E-state index in [9.17, 15) is 0 Å². The largest absolute Gasteiger partial charge is 0.0843 e. The van der Waals surface area contributed by atoms with E-state index in [4.69, 9.17) is 11.6 Å². The number of hydrogen-bond acceptors (Lipinski definition) is 0. The fraction of sp³-hybridized carbons (Fsp3) is 0. The van der Waals surface area contributed by atoms with Crippen LogP contribution < -0.4 is 0 Å². The van der Waals surface area contributed by atoms with Gasteiger partial charge in [-0.3, -0.25) is 0 Å². The summed E-state index contributed by atoms with van der Waals surface area (Å²) >= 11 is 6.39. The van der Waals surface area contributed by atoms with Crippen molar-refractivity contribution in [2.75, 3.05) is 0 Å². The number of benzene rings is 6. The van der Waals surface area contributed by atoms with Gasteiger partial charge in [0.25, 0.3) is 0 Å². The lowest BCUT2D eigenvalue weighted by Gasteiger charge is -2.16. The molecule has 0 bridgehead atoms. The van der Waals surface area contributed by atoms with Crippen molar-refractivity contribution in [2.24, 2.45) is 0 Å². The van der Waals surface area contributed by atoms with E-state index in [1.807, 2.05) is 6.07 Å². The van der Waals surface area contributed by atoms with Crippen LogP contribution in [0.25, 0.3) is 54.2 Å². The molecule has 0 heterocycles. The van der Waals surface area contributed by atoms with Crippen LogP contribution in [0.15, 0.2) is 103 Å². The number of fused-ring (bicyclic) bond motifs is 8. The van der Waals surface area contributed by atoms with Gasteiger partial charge in [0.1, 0.15) is 0 Å². The molecule has 0 aliphatic rings. The quantitative estimate of drug-likeness (QED) is 0.247. The lowest BCUT2D eigenvalue weighted by atomic mass is 9.87. The van der Waals surface area contributed by atoms with Gasteiger partial charge in [-0.05, 0) is 72.4 Å². The zero-order chi connectivity index (χ0) is 19.4. The first kappa shape index (κ1) is 16.6. The maximum absolute atomic E-state index is 6.39. The van der Waals surface area contributed by atoms with Gasteiger partial charge in [-0.2, -0.15) is 0 Å². The van der Waals surface area contributed by atoms with Crippen molar-refractivity contribution in [2.45, 2.75) is 0 Å². The molecular weight excluding hydrogens is 372 g/mol. The van der Waals surface area contributed by atoms with E-state index in [2.05, 4.69) is 97.1 Å². The molecule has 0 unspecified atom stereocenters. The minimum Gasteiger partial charge on any atom is -0.0843 e. The third-order valence-electron chi connectivity index (χ3n) is 5.89. The smallest absolute Gasteiger partial charge is 0.0412 e. The Balaban J connectivity index is 1.94. The maximum Gasteiger partial charge on any atom is 0.0412 e. The van der Waals surface area contributed by atoms with Crippen molar-refractivity contribution in [1.29, 1.82) is 0 Å². The Morgan fingerprint density at radius 2 is 1.00 bits per heavy atom. The fourth-order valence-electron chi connectivity index (χ4n) is 4.64. The van der Waals surface area contributed by atoms with E-state index in [1.165, 1.54) is 54.2 Å². The maximum atomic E-state index is 6.39. The van der Waals surface area contributed by atoms with Crippen LogP contribution in [0.5, 0.6) is 0 Å². The first-order valence-corrected chi connectivity index (χ1v) is 10.2. The topological polar surface area (TPSA) is 0 Å². The summed E-state index contributed by atoms with van der Waals surface area (Å²) in [6.07, 6.45) is 0. The van der Waals surface area contributed by atoms with Gasteiger partial charge in [-0.1, -0.05) is 96.5 Å². The van der Waals surface area contributed by atoms with Crippen LogP contribution in [0.4, 0.5) is 0 Å². The minimum absolute atomic E-state index is 0.771. The highest BCUT2D eigenvalue weighted by Crippen LogP contribution is 2.43. The highest BCUT2D eigenvalue weighted by molar-refractivity contribution is 6.36. The highest BCUT2D eigenvalue weighted by Gasteiger charge is 2.14. The summed E-state index contributed by atoms with van der Waals surface area (Å²) in [7, 11) is 0. The van der Waals surface area contributed by atoms with Gasteiger partial charge in [0.2, 0.25) is 0 Å². The van der Waals surface area contributed by atoms with Crippen LogP contribution in [0, 0.1) is 0 Å². The summed E-state index contributed by atoms with van der Waals surface area (Å²) in [5.74, 6) is 0.